The molecule has 1 fully saturated rings. The average Bonchev–Trinajstić information content (AvgIpc) is 2.34. The van der Waals surface area contributed by atoms with Crippen molar-refractivity contribution < 1.29 is 9.18 Å². The topological polar surface area (TPSA) is 58.4 Å². The van der Waals surface area contributed by atoms with Gasteiger partial charge in [-0.25, -0.2) is 4.39 Å². The van der Waals surface area contributed by atoms with Crippen LogP contribution in [0.25, 0.3) is 0 Å². The van der Waals surface area contributed by atoms with Crippen molar-refractivity contribution in [2.75, 3.05) is 31.9 Å². The molecule has 1 aromatic rings. The highest BCUT2D eigenvalue weighted by atomic mass is 35.5. The van der Waals surface area contributed by atoms with Crippen molar-refractivity contribution in [3.05, 3.63) is 28.5 Å². The van der Waals surface area contributed by atoms with Crippen LogP contribution in [0.15, 0.2) is 12.1 Å². The number of nitrogens with two attached hydrogens (primary N) is 1. The molecule has 1 heterocycles. The van der Waals surface area contributed by atoms with Crippen LogP contribution in [0.5, 0.6) is 0 Å². The second-order valence-electron chi connectivity index (χ2n) is 3.89. The molecule has 1 amide bonds. The Labute approximate surface area is 104 Å². The van der Waals surface area contributed by atoms with Crippen LogP contribution in [0.4, 0.5) is 10.1 Å². The number of rotatable bonds is 1. The fourth-order valence-electron chi connectivity index (χ4n) is 1.80. The van der Waals surface area contributed by atoms with Crippen molar-refractivity contribution in [3.8, 4) is 0 Å². The molecule has 1 saturated heterocycles. The zero-order valence-corrected chi connectivity index (χ0v) is 9.93. The van der Waals surface area contributed by atoms with Crippen LogP contribution in [-0.2, 0) is 0 Å². The lowest BCUT2D eigenvalue weighted by molar-refractivity contribution is 0.0736. The molecule has 0 bridgehead atoms. The number of hydrogen-bond acceptors (Lipinski definition) is 3. The van der Waals surface area contributed by atoms with E-state index >= 15 is 0 Å². The quantitative estimate of drug-likeness (QED) is 0.741. The predicted molar refractivity (Wildman–Crippen MR) is 64.6 cm³/mol. The van der Waals surface area contributed by atoms with E-state index in [-0.39, 0.29) is 22.2 Å². The summed E-state index contributed by atoms with van der Waals surface area (Å²) in [5.41, 5.74) is 5.56. The Morgan fingerprint density at radius 1 is 1.41 bits per heavy atom. The Morgan fingerprint density at radius 2 is 2.06 bits per heavy atom. The summed E-state index contributed by atoms with van der Waals surface area (Å²) in [4.78, 5) is 13.8. The van der Waals surface area contributed by atoms with E-state index < -0.39 is 5.82 Å². The van der Waals surface area contributed by atoms with E-state index in [1.165, 1.54) is 6.07 Å². The van der Waals surface area contributed by atoms with Gasteiger partial charge in [0.15, 0.2) is 0 Å². The number of amides is 1. The lowest BCUT2D eigenvalue weighted by Gasteiger charge is -2.27. The molecule has 0 radical (unpaired) electrons. The number of nitrogen functional groups attached to an aromatic ring is 1. The minimum atomic E-state index is -0.656. The normalized spacial score (nSPS) is 16.0. The van der Waals surface area contributed by atoms with Crippen LogP contribution in [0.2, 0.25) is 5.02 Å². The number of halogens is 2. The van der Waals surface area contributed by atoms with E-state index in [0.29, 0.717) is 13.1 Å². The molecule has 1 aliphatic rings. The van der Waals surface area contributed by atoms with Gasteiger partial charge in [0.2, 0.25) is 0 Å². The molecule has 0 unspecified atom stereocenters. The number of hydrogen-bond donors (Lipinski definition) is 2. The van der Waals surface area contributed by atoms with Crippen LogP contribution >= 0.6 is 11.6 Å². The molecule has 0 saturated carbocycles. The Balaban J connectivity index is 2.29. The van der Waals surface area contributed by atoms with Gasteiger partial charge < -0.3 is 16.0 Å². The first-order valence-electron chi connectivity index (χ1n) is 5.34. The van der Waals surface area contributed by atoms with Crippen molar-refractivity contribution in [2.24, 2.45) is 0 Å². The summed E-state index contributed by atoms with van der Waals surface area (Å²) in [6, 6.07) is 2.51. The van der Waals surface area contributed by atoms with Gasteiger partial charge in [-0.2, -0.15) is 0 Å². The van der Waals surface area contributed by atoms with Gasteiger partial charge in [0.1, 0.15) is 5.82 Å². The predicted octanol–water partition coefficient (Wildman–Crippen LogP) is 1.11. The monoisotopic (exact) mass is 257 g/mol. The Hall–Kier alpha value is -1.33. The Kier molecular flexibility index (Phi) is 3.49. The third-order valence-electron chi connectivity index (χ3n) is 2.73. The third-order valence-corrected chi connectivity index (χ3v) is 2.95. The second-order valence-corrected chi connectivity index (χ2v) is 4.33. The molecule has 4 nitrogen and oxygen atoms in total. The number of anilines is 1. The zero-order valence-electron chi connectivity index (χ0n) is 9.17. The van der Waals surface area contributed by atoms with Crippen LogP contribution in [0.1, 0.15) is 10.4 Å². The molecule has 17 heavy (non-hydrogen) atoms. The molecule has 0 aromatic heterocycles. The van der Waals surface area contributed by atoms with Crippen molar-refractivity contribution in [1.82, 2.24) is 10.2 Å². The highest BCUT2D eigenvalue weighted by molar-refractivity contribution is 6.31. The molecule has 2 rings (SSSR count). The fourth-order valence-corrected chi connectivity index (χ4v) is 2.00. The molecule has 1 aromatic carbocycles. The van der Waals surface area contributed by atoms with Gasteiger partial charge in [0, 0.05) is 31.2 Å². The number of carbonyl (C=O) groups excluding carboxylic acids is 1. The summed E-state index contributed by atoms with van der Waals surface area (Å²) >= 11 is 5.73. The summed E-state index contributed by atoms with van der Waals surface area (Å²) in [7, 11) is 0. The summed E-state index contributed by atoms with van der Waals surface area (Å²) in [5.74, 6) is -0.929. The van der Waals surface area contributed by atoms with Crippen LogP contribution in [0.3, 0.4) is 0 Å². The van der Waals surface area contributed by atoms with E-state index in [0.717, 1.165) is 19.2 Å². The van der Waals surface area contributed by atoms with Gasteiger partial charge in [-0.05, 0) is 12.1 Å². The third kappa shape index (κ3) is 2.50. The first kappa shape index (κ1) is 12.1. The summed E-state index contributed by atoms with van der Waals surface area (Å²) < 4.78 is 13.4. The smallest absolute Gasteiger partial charge is 0.256 e. The molecule has 0 atom stereocenters. The molecular formula is C11H13ClFN3O. The van der Waals surface area contributed by atoms with Crippen molar-refractivity contribution in [3.63, 3.8) is 0 Å². The number of carbonyl (C=O) groups is 1. The molecule has 6 heteroatoms. The maximum absolute atomic E-state index is 13.4. The maximum Gasteiger partial charge on any atom is 0.256 e. The van der Waals surface area contributed by atoms with E-state index in [2.05, 4.69) is 5.32 Å². The van der Waals surface area contributed by atoms with Gasteiger partial charge in [0.25, 0.3) is 5.91 Å². The molecule has 3 N–H and O–H groups in total. The van der Waals surface area contributed by atoms with Crippen LogP contribution in [0, 0.1) is 5.82 Å². The lowest BCUT2D eigenvalue weighted by atomic mass is 10.1. The van der Waals surface area contributed by atoms with E-state index in [1.807, 2.05) is 0 Å². The van der Waals surface area contributed by atoms with Gasteiger partial charge in [0.05, 0.1) is 11.3 Å². The van der Waals surface area contributed by atoms with Crippen molar-refractivity contribution in [2.45, 2.75) is 0 Å². The number of nitrogens with zero attached hydrogens (tertiary/aromatic N) is 1. The molecular weight excluding hydrogens is 245 g/mol. The SMILES string of the molecule is Nc1c(F)cc(Cl)cc1C(=O)N1CCNCC1. The number of nitrogens with one attached hydrogen (secondary N) is 1. The lowest BCUT2D eigenvalue weighted by Crippen LogP contribution is -2.46. The standard InChI is InChI=1S/C11H13ClFN3O/c12-7-5-8(10(14)9(13)6-7)11(17)16-3-1-15-2-4-16/h5-6,15H,1-4,14H2. The van der Waals surface area contributed by atoms with Gasteiger partial charge in [-0.15, -0.1) is 0 Å². The van der Waals surface area contributed by atoms with Crippen molar-refractivity contribution in [1.29, 1.82) is 0 Å². The fraction of sp³-hybridized carbons (Fsp3) is 0.364. The summed E-state index contributed by atoms with van der Waals surface area (Å²) in [6.07, 6.45) is 0. The highest BCUT2D eigenvalue weighted by Gasteiger charge is 2.21. The highest BCUT2D eigenvalue weighted by Crippen LogP contribution is 2.23. The Bertz CT molecular complexity index is 447. The average molecular weight is 258 g/mol. The van der Waals surface area contributed by atoms with Crippen molar-refractivity contribution >= 4 is 23.2 Å². The maximum atomic E-state index is 13.4. The van der Waals surface area contributed by atoms with E-state index in [4.69, 9.17) is 17.3 Å². The Morgan fingerprint density at radius 3 is 2.71 bits per heavy atom. The minimum absolute atomic E-state index is 0.136. The largest absolute Gasteiger partial charge is 0.396 e. The first-order chi connectivity index (χ1) is 8.09. The number of piperazine rings is 1. The van der Waals surface area contributed by atoms with E-state index in [1.54, 1.807) is 4.90 Å². The first-order valence-corrected chi connectivity index (χ1v) is 5.72. The second kappa shape index (κ2) is 4.89. The molecule has 92 valence electrons. The van der Waals surface area contributed by atoms with Gasteiger partial charge in [-0.1, -0.05) is 11.6 Å². The minimum Gasteiger partial charge on any atom is -0.396 e. The molecule has 1 aliphatic heterocycles. The summed E-state index contributed by atoms with van der Waals surface area (Å²) in [5, 5.41) is 3.31. The molecule has 0 aliphatic carbocycles. The van der Waals surface area contributed by atoms with Crippen LogP contribution < -0.4 is 11.1 Å². The van der Waals surface area contributed by atoms with E-state index in [9.17, 15) is 9.18 Å². The molecule has 0 spiro atoms. The summed E-state index contributed by atoms with van der Waals surface area (Å²) in [6.45, 7) is 2.64. The van der Waals surface area contributed by atoms with Gasteiger partial charge >= 0.3 is 0 Å². The van der Waals surface area contributed by atoms with Gasteiger partial charge in [-0.3, -0.25) is 4.79 Å². The zero-order chi connectivity index (χ0) is 12.4. The van der Waals surface area contributed by atoms with Crippen LogP contribution in [-0.4, -0.2) is 37.0 Å². The number of benzene rings is 1.